The summed E-state index contributed by atoms with van der Waals surface area (Å²) in [5.74, 6) is 0. The van der Waals surface area contributed by atoms with Crippen molar-refractivity contribution in [3.63, 3.8) is 0 Å². The van der Waals surface area contributed by atoms with Gasteiger partial charge in [-0.25, -0.2) is 4.79 Å². The molecule has 0 saturated carbocycles. The van der Waals surface area contributed by atoms with Crippen molar-refractivity contribution in [1.82, 2.24) is 19.6 Å². The molecule has 3 rings (SSSR count). The molecule has 2 fully saturated rings. The molecule has 0 N–H and O–H groups in total. The number of ether oxygens (including phenoxy) is 1. The maximum Gasteiger partial charge on any atom is 0.410 e. The maximum atomic E-state index is 12.2. The molecule has 2 heterocycles. The lowest BCUT2D eigenvalue weighted by atomic mass is 10.0. The monoisotopic (exact) mass is 416 g/mol. The molecule has 1 aromatic carbocycles. The summed E-state index contributed by atoms with van der Waals surface area (Å²) in [6, 6.07) is 9.75. The Morgan fingerprint density at radius 2 is 1.50 bits per heavy atom. The summed E-state index contributed by atoms with van der Waals surface area (Å²) in [5, 5.41) is 0. The molecule has 6 nitrogen and oxygen atoms in total. The zero-order valence-electron chi connectivity index (χ0n) is 19.6. The molecule has 0 bridgehead atoms. The van der Waals surface area contributed by atoms with Gasteiger partial charge in [-0.05, 0) is 71.9 Å². The highest BCUT2D eigenvalue weighted by Crippen LogP contribution is 2.18. The van der Waals surface area contributed by atoms with Crippen LogP contribution in [0.15, 0.2) is 24.3 Å². The number of hydrogen-bond acceptors (Lipinski definition) is 5. The molecule has 2 saturated heterocycles. The standard InChI is InChI=1S/C24H40N4O2/c1-24(2,3)30-23(29)28-15-13-27(14-16-28)19-21-8-6-7-20(17-21)18-26-11-9-22(10-12-26)25(4)5/h6-8,17,22H,9-16,18-19H2,1-5H3. The number of nitrogens with zero attached hydrogens (tertiary/aromatic N) is 4. The van der Waals surface area contributed by atoms with Crippen molar-refractivity contribution >= 4 is 6.09 Å². The third kappa shape index (κ3) is 6.96. The highest BCUT2D eigenvalue weighted by Gasteiger charge is 2.26. The lowest BCUT2D eigenvalue weighted by Crippen LogP contribution is -2.49. The number of hydrogen-bond donors (Lipinski definition) is 0. The number of carbonyl (C=O) groups is 1. The predicted octanol–water partition coefficient (Wildman–Crippen LogP) is 3.27. The van der Waals surface area contributed by atoms with Gasteiger partial charge in [-0.2, -0.15) is 0 Å². The molecule has 0 aliphatic carbocycles. The summed E-state index contributed by atoms with van der Waals surface area (Å²) in [4.78, 5) is 21.5. The van der Waals surface area contributed by atoms with Crippen molar-refractivity contribution < 1.29 is 9.53 Å². The van der Waals surface area contributed by atoms with E-state index in [1.54, 1.807) is 0 Å². The summed E-state index contributed by atoms with van der Waals surface area (Å²) in [6.07, 6.45) is 2.32. The second kappa shape index (κ2) is 10.1. The van der Waals surface area contributed by atoms with Crippen molar-refractivity contribution in [2.75, 3.05) is 53.4 Å². The lowest BCUT2D eigenvalue weighted by molar-refractivity contribution is 0.0139. The van der Waals surface area contributed by atoms with Gasteiger partial charge in [0.15, 0.2) is 0 Å². The van der Waals surface area contributed by atoms with E-state index in [1.807, 2.05) is 25.7 Å². The van der Waals surface area contributed by atoms with E-state index in [-0.39, 0.29) is 6.09 Å². The zero-order valence-corrected chi connectivity index (χ0v) is 19.6. The van der Waals surface area contributed by atoms with Crippen LogP contribution in [0, 0.1) is 0 Å². The van der Waals surface area contributed by atoms with E-state index in [2.05, 4.69) is 53.1 Å². The van der Waals surface area contributed by atoms with Crippen LogP contribution in [0.25, 0.3) is 0 Å². The van der Waals surface area contributed by atoms with Gasteiger partial charge < -0.3 is 14.5 Å². The minimum atomic E-state index is -0.434. The molecule has 1 amide bonds. The van der Waals surface area contributed by atoms with Crippen LogP contribution in [0.4, 0.5) is 4.79 Å². The van der Waals surface area contributed by atoms with Crippen molar-refractivity contribution in [2.24, 2.45) is 0 Å². The van der Waals surface area contributed by atoms with E-state index in [9.17, 15) is 4.79 Å². The summed E-state index contributed by atoms with van der Waals surface area (Å²) in [6.45, 7) is 13.3. The first-order valence-corrected chi connectivity index (χ1v) is 11.4. The van der Waals surface area contributed by atoms with Crippen LogP contribution in [0.5, 0.6) is 0 Å². The summed E-state index contributed by atoms with van der Waals surface area (Å²) < 4.78 is 5.50. The Bertz CT molecular complexity index is 685. The fourth-order valence-corrected chi connectivity index (χ4v) is 4.35. The quantitative estimate of drug-likeness (QED) is 0.737. The van der Waals surface area contributed by atoms with Crippen LogP contribution >= 0.6 is 0 Å². The van der Waals surface area contributed by atoms with Crippen LogP contribution in [0.2, 0.25) is 0 Å². The summed E-state index contributed by atoms with van der Waals surface area (Å²) in [5.41, 5.74) is 2.33. The van der Waals surface area contributed by atoms with Crippen molar-refractivity contribution in [3.05, 3.63) is 35.4 Å². The van der Waals surface area contributed by atoms with Gasteiger partial charge in [-0.1, -0.05) is 24.3 Å². The molecule has 6 heteroatoms. The molecular weight excluding hydrogens is 376 g/mol. The largest absolute Gasteiger partial charge is 0.444 e. The number of likely N-dealkylation sites (tertiary alicyclic amines) is 1. The predicted molar refractivity (Wildman–Crippen MR) is 122 cm³/mol. The highest BCUT2D eigenvalue weighted by molar-refractivity contribution is 5.68. The molecule has 2 aliphatic rings. The van der Waals surface area contributed by atoms with E-state index < -0.39 is 5.60 Å². The minimum Gasteiger partial charge on any atom is -0.444 e. The van der Waals surface area contributed by atoms with Crippen LogP contribution < -0.4 is 0 Å². The number of rotatable bonds is 5. The van der Waals surface area contributed by atoms with E-state index in [0.717, 1.165) is 45.3 Å². The number of piperazine rings is 1. The molecular formula is C24H40N4O2. The summed E-state index contributed by atoms with van der Waals surface area (Å²) >= 11 is 0. The Morgan fingerprint density at radius 3 is 2.00 bits per heavy atom. The molecule has 0 spiro atoms. The second-order valence-electron chi connectivity index (χ2n) is 10.0. The smallest absolute Gasteiger partial charge is 0.410 e. The molecule has 168 valence electrons. The maximum absolute atomic E-state index is 12.2. The Labute approximate surface area is 182 Å². The van der Waals surface area contributed by atoms with Gasteiger partial charge >= 0.3 is 6.09 Å². The van der Waals surface area contributed by atoms with Gasteiger partial charge in [0.2, 0.25) is 0 Å². The van der Waals surface area contributed by atoms with Gasteiger partial charge in [0.05, 0.1) is 0 Å². The number of benzene rings is 1. The van der Waals surface area contributed by atoms with Crippen LogP contribution in [-0.4, -0.2) is 90.7 Å². The minimum absolute atomic E-state index is 0.192. The van der Waals surface area contributed by atoms with Crippen LogP contribution in [-0.2, 0) is 17.8 Å². The Morgan fingerprint density at radius 1 is 0.967 bits per heavy atom. The first-order chi connectivity index (χ1) is 14.2. The first kappa shape index (κ1) is 23.0. The fourth-order valence-electron chi connectivity index (χ4n) is 4.35. The van der Waals surface area contributed by atoms with Gasteiger partial charge in [0, 0.05) is 45.3 Å². The number of piperidine rings is 1. The molecule has 30 heavy (non-hydrogen) atoms. The third-order valence-electron chi connectivity index (χ3n) is 6.12. The average molecular weight is 417 g/mol. The zero-order chi connectivity index (χ0) is 21.7. The second-order valence-corrected chi connectivity index (χ2v) is 10.0. The topological polar surface area (TPSA) is 39.3 Å². The molecule has 0 aromatic heterocycles. The van der Waals surface area contributed by atoms with Crippen molar-refractivity contribution in [1.29, 1.82) is 0 Å². The van der Waals surface area contributed by atoms with Crippen LogP contribution in [0.1, 0.15) is 44.7 Å². The molecule has 1 aromatic rings. The average Bonchev–Trinajstić information content (AvgIpc) is 2.68. The van der Waals surface area contributed by atoms with E-state index >= 15 is 0 Å². The third-order valence-corrected chi connectivity index (χ3v) is 6.12. The molecule has 0 unspecified atom stereocenters. The lowest BCUT2D eigenvalue weighted by Gasteiger charge is -2.36. The Hall–Kier alpha value is -1.63. The molecule has 2 aliphatic heterocycles. The van der Waals surface area contributed by atoms with Crippen molar-refractivity contribution in [2.45, 2.75) is 58.3 Å². The van der Waals surface area contributed by atoms with Gasteiger partial charge in [-0.3, -0.25) is 9.80 Å². The Kier molecular flexibility index (Phi) is 7.77. The van der Waals surface area contributed by atoms with E-state index in [1.165, 1.54) is 37.1 Å². The van der Waals surface area contributed by atoms with E-state index in [0.29, 0.717) is 0 Å². The molecule has 0 atom stereocenters. The normalized spacial score (nSPS) is 20.0. The first-order valence-electron chi connectivity index (χ1n) is 11.4. The molecule has 0 radical (unpaired) electrons. The van der Waals surface area contributed by atoms with Gasteiger partial charge in [-0.15, -0.1) is 0 Å². The Balaban J connectivity index is 1.45. The van der Waals surface area contributed by atoms with Gasteiger partial charge in [0.1, 0.15) is 5.60 Å². The van der Waals surface area contributed by atoms with E-state index in [4.69, 9.17) is 4.74 Å². The van der Waals surface area contributed by atoms with Crippen molar-refractivity contribution in [3.8, 4) is 0 Å². The fraction of sp³-hybridized carbons (Fsp3) is 0.708. The summed E-state index contributed by atoms with van der Waals surface area (Å²) in [7, 11) is 4.38. The number of amides is 1. The van der Waals surface area contributed by atoms with Crippen LogP contribution in [0.3, 0.4) is 0 Å². The highest BCUT2D eigenvalue weighted by atomic mass is 16.6. The number of carbonyl (C=O) groups excluding carboxylic acids is 1. The van der Waals surface area contributed by atoms with Gasteiger partial charge in [0.25, 0.3) is 0 Å². The SMILES string of the molecule is CN(C)C1CCN(Cc2cccc(CN3CCN(C(=O)OC(C)(C)C)CC3)c2)CC1.